The van der Waals surface area contributed by atoms with Crippen LogP contribution in [0.3, 0.4) is 0 Å². The van der Waals surface area contributed by atoms with Crippen molar-refractivity contribution in [3.63, 3.8) is 0 Å². The van der Waals surface area contributed by atoms with E-state index in [1.807, 2.05) is 18.2 Å². The quantitative estimate of drug-likeness (QED) is 0.743. The van der Waals surface area contributed by atoms with Crippen LogP contribution >= 0.6 is 0 Å². The zero-order valence-electron chi connectivity index (χ0n) is 14.9. The van der Waals surface area contributed by atoms with Crippen molar-refractivity contribution < 1.29 is 14.3 Å². The smallest absolute Gasteiger partial charge is 0.410 e. The molecule has 138 valence electrons. The fourth-order valence-corrected chi connectivity index (χ4v) is 3.28. The maximum atomic E-state index is 12.8. The van der Waals surface area contributed by atoms with Gasteiger partial charge in [-0.1, -0.05) is 0 Å². The van der Waals surface area contributed by atoms with Crippen molar-refractivity contribution in [3.8, 4) is 0 Å². The summed E-state index contributed by atoms with van der Waals surface area (Å²) >= 11 is 0. The van der Waals surface area contributed by atoms with Crippen molar-refractivity contribution in [1.29, 1.82) is 0 Å². The molecule has 4 rings (SSSR count). The number of rotatable bonds is 3. The third-order valence-corrected chi connectivity index (χ3v) is 4.61. The second kappa shape index (κ2) is 7.06. The van der Waals surface area contributed by atoms with Gasteiger partial charge in [-0.15, -0.1) is 0 Å². The molecule has 3 aromatic rings. The molecule has 2 aromatic heterocycles. The largest absolute Gasteiger partial charge is 0.450 e. The lowest BCUT2D eigenvalue weighted by atomic mass is 9.97. The van der Waals surface area contributed by atoms with Gasteiger partial charge in [0, 0.05) is 30.0 Å². The molecule has 1 aromatic carbocycles. The Balaban J connectivity index is 1.55. The number of amides is 2. The third-order valence-electron chi connectivity index (χ3n) is 4.61. The van der Waals surface area contributed by atoms with Gasteiger partial charge in [0.2, 0.25) is 0 Å². The van der Waals surface area contributed by atoms with Crippen molar-refractivity contribution in [3.05, 3.63) is 53.5 Å². The van der Waals surface area contributed by atoms with Crippen molar-refractivity contribution in [2.24, 2.45) is 0 Å². The Labute approximate surface area is 155 Å². The van der Waals surface area contributed by atoms with E-state index in [4.69, 9.17) is 4.74 Å². The van der Waals surface area contributed by atoms with Gasteiger partial charge in [-0.3, -0.25) is 14.9 Å². The van der Waals surface area contributed by atoms with Gasteiger partial charge in [-0.25, -0.2) is 4.79 Å². The molecule has 8 heteroatoms. The number of carbonyl (C=O) groups excluding carboxylic acids is 2. The van der Waals surface area contributed by atoms with Gasteiger partial charge in [0.1, 0.15) is 0 Å². The lowest BCUT2D eigenvalue weighted by Gasteiger charge is -2.28. The number of pyridine rings is 1. The Kier molecular flexibility index (Phi) is 4.45. The van der Waals surface area contributed by atoms with Crippen LogP contribution in [-0.4, -0.2) is 45.2 Å². The van der Waals surface area contributed by atoms with Gasteiger partial charge < -0.3 is 15.0 Å². The first kappa shape index (κ1) is 17.0. The van der Waals surface area contributed by atoms with Gasteiger partial charge in [0.15, 0.2) is 0 Å². The van der Waals surface area contributed by atoms with Crippen LogP contribution < -0.4 is 5.32 Å². The predicted molar refractivity (Wildman–Crippen MR) is 99.4 cm³/mol. The van der Waals surface area contributed by atoms with Gasteiger partial charge in [-0.05, 0) is 42.7 Å². The van der Waals surface area contributed by atoms with Crippen LogP contribution in [0.4, 0.5) is 10.5 Å². The number of hydrogen-bond acceptors (Lipinski definition) is 5. The van der Waals surface area contributed by atoms with Crippen LogP contribution in [0.2, 0.25) is 0 Å². The molecule has 3 heterocycles. The van der Waals surface area contributed by atoms with Crippen LogP contribution in [0.1, 0.15) is 28.4 Å². The molecule has 0 spiro atoms. The zero-order valence-corrected chi connectivity index (χ0v) is 14.9. The number of nitrogens with zero attached hydrogens (tertiary/aromatic N) is 3. The summed E-state index contributed by atoms with van der Waals surface area (Å²) in [6.45, 7) is 3.02. The number of H-pyrrole nitrogens is 1. The molecule has 27 heavy (non-hydrogen) atoms. The normalized spacial score (nSPS) is 13.3. The minimum Gasteiger partial charge on any atom is -0.450 e. The third kappa shape index (κ3) is 3.33. The molecule has 8 nitrogen and oxygen atoms in total. The predicted octanol–water partition coefficient (Wildman–Crippen LogP) is 2.72. The van der Waals surface area contributed by atoms with Crippen molar-refractivity contribution in [2.45, 2.75) is 19.9 Å². The zero-order chi connectivity index (χ0) is 18.8. The highest BCUT2D eigenvalue weighted by Crippen LogP contribution is 2.24. The molecule has 0 atom stereocenters. The molecule has 1 aliphatic rings. The molecule has 1 aliphatic heterocycles. The molecule has 0 radical (unpaired) electrons. The lowest BCUT2D eigenvalue weighted by Crippen LogP contribution is -2.37. The maximum absolute atomic E-state index is 12.8. The Morgan fingerprint density at radius 3 is 3.04 bits per heavy atom. The number of anilines is 1. The molecular formula is C19H19N5O3. The number of aromatic amines is 1. The van der Waals surface area contributed by atoms with E-state index < -0.39 is 0 Å². The van der Waals surface area contributed by atoms with Crippen LogP contribution in [0.5, 0.6) is 0 Å². The van der Waals surface area contributed by atoms with E-state index in [9.17, 15) is 9.59 Å². The minimum absolute atomic E-state index is 0.216. The monoisotopic (exact) mass is 365 g/mol. The lowest BCUT2D eigenvalue weighted by molar-refractivity contribution is 0.101. The van der Waals surface area contributed by atoms with Crippen LogP contribution in [0, 0.1) is 0 Å². The Hall–Kier alpha value is -3.42. The van der Waals surface area contributed by atoms with E-state index in [0.717, 1.165) is 22.0 Å². The van der Waals surface area contributed by atoms with Crippen molar-refractivity contribution >= 4 is 28.6 Å². The molecule has 0 aliphatic carbocycles. The fourth-order valence-electron chi connectivity index (χ4n) is 3.28. The second-order valence-electron chi connectivity index (χ2n) is 6.32. The second-order valence-corrected chi connectivity index (χ2v) is 6.32. The average Bonchev–Trinajstić information content (AvgIpc) is 3.15. The number of fused-ring (bicyclic) bond motifs is 2. The highest BCUT2D eigenvalue weighted by molar-refractivity contribution is 6.06. The van der Waals surface area contributed by atoms with Crippen molar-refractivity contribution in [1.82, 2.24) is 20.1 Å². The summed E-state index contributed by atoms with van der Waals surface area (Å²) < 4.78 is 5.06. The molecule has 0 unspecified atom stereocenters. The summed E-state index contributed by atoms with van der Waals surface area (Å²) in [5.74, 6) is -0.216. The molecule has 2 N–H and O–H groups in total. The van der Waals surface area contributed by atoms with E-state index in [1.54, 1.807) is 30.4 Å². The fraction of sp³-hybridized carbons (Fsp3) is 0.263. The summed E-state index contributed by atoms with van der Waals surface area (Å²) in [7, 11) is 0. The van der Waals surface area contributed by atoms with Crippen LogP contribution in [0.15, 0.2) is 36.8 Å². The SMILES string of the molecule is CCOC(=O)N1CCc2c(cncc2C(=O)Nc2ccc3[nH]ncc3c2)C1. The number of ether oxygens (including phenoxy) is 1. The Bertz CT molecular complexity index is 1010. The van der Waals surface area contributed by atoms with Crippen molar-refractivity contribution in [2.75, 3.05) is 18.5 Å². The summed E-state index contributed by atoms with van der Waals surface area (Å²) in [4.78, 5) is 30.6. The van der Waals surface area contributed by atoms with E-state index in [0.29, 0.717) is 37.4 Å². The first-order chi connectivity index (χ1) is 13.2. The number of hydrogen-bond donors (Lipinski definition) is 2. The van der Waals surface area contributed by atoms with E-state index in [1.165, 1.54) is 0 Å². The summed E-state index contributed by atoms with van der Waals surface area (Å²) in [5.41, 5.74) is 3.92. The average molecular weight is 365 g/mol. The topological polar surface area (TPSA) is 100 Å². The summed E-state index contributed by atoms with van der Waals surface area (Å²) in [5, 5.41) is 10.7. The molecule has 0 saturated carbocycles. The summed E-state index contributed by atoms with van der Waals surface area (Å²) in [6.07, 6.45) is 5.23. The Morgan fingerprint density at radius 2 is 2.19 bits per heavy atom. The Morgan fingerprint density at radius 1 is 1.30 bits per heavy atom. The first-order valence-electron chi connectivity index (χ1n) is 8.77. The van der Waals surface area contributed by atoms with Gasteiger partial charge >= 0.3 is 6.09 Å². The molecule has 0 saturated heterocycles. The molecule has 2 amide bonds. The molecule has 0 bridgehead atoms. The van der Waals surface area contributed by atoms with E-state index in [2.05, 4.69) is 20.5 Å². The highest BCUT2D eigenvalue weighted by atomic mass is 16.6. The molecule has 0 fully saturated rings. The van der Waals surface area contributed by atoms with Gasteiger partial charge in [0.05, 0.1) is 30.4 Å². The van der Waals surface area contributed by atoms with E-state index in [-0.39, 0.29) is 12.0 Å². The van der Waals surface area contributed by atoms with Gasteiger partial charge in [-0.2, -0.15) is 5.10 Å². The maximum Gasteiger partial charge on any atom is 0.410 e. The number of carbonyl (C=O) groups is 2. The number of benzene rings is 1. The molecular weight excluding hydrogens is 346 g/mol. The number of nitrogens with one attached hydrogen (secondary N) is 2. The number of aromatic nitrogens is 3. The van der Waals surface area contributed by atoms with Crippen LogP contribution in [-0.2, 0) is 17.7 Å². The summed E-state index contributed by atoms with van der Waals surface area (Å²) in [6, 6.07) is 5.56. The van der Waals surface area contributed by atoms with Gasteiger partial charge in [0.25, 0.3) is 5.91 Å². The van der Waals surface area contributed by atoms with Crippen LogP contribution in [0.25, 0.3) is 10.9 Å². The minimum atomic E-state index is -0.341. The first-order valence-corrected chi connectivity index (χ1v) is 8.77. The standard InChI is InChI=1S/C19H19N5O3/c1-2-27-19(26)24-6-5-15-13(11-24)8-20-10-16(15)18(25)22-14-3-4-17-12(7-14)9-21-23-17/h3-4,7-10H,2,5-6,11H2,1H3,(H,21,23)(H,22,25). The highest BCUT2D eigenvalue weighted by Gasteiger charge is 2.25. The van der Waals surface area contributed by atoms with E-state index >= 15 is 0 Å².